The maximum absolute atomic E-state index is 5.47. The van der Waals surface area contributed by atoms with Crippen molar-refractivity contribution in [3.05, 3.63) is 55.3 Å². The first-order chi connectivity index (χ1) is 6.36. The van der Waals surface area contributed by atoms with Gasteiger partial charge in [-0.3, -0.25) is 0 Å². The molecule has 0 unspecified atom stereocenters. The zero-order valence-corrected chi connectivity index (χ0v) is 7.01. The lowest BCUT2D eigenvalue weighted by Gasteiger charge is -1.99. The third-order valence-corrected chi connectivity index (χ3v) is 1.74. The first-order valence-electron chi connectivity index (χ1n) is 4.00. The van der Waals surface area contributed by atoms with Gasteiger partial charge < -0.3 is 0 Å². The molecule has 0 aliphatic rings. The summed E-state index contributed by atoms with van der Waals surface area (Å²) in [6, 6.07) is 11.7. The number of hydrogen-bond acceptors (Lipinski definition) is 2. The van der Waals surface area contributed by atoms with Crippen LogP contribution in [0.4, 0.5) is 0 Å². The van der Waals surface area contributed by atoms with E-state index in [-0.39, 0.29) is 0 Å². The van der Waals surface area contributed by atoms with E-state index in [1.165, 1.54) is 0 Å². The third-order valence-electron chi connectivity index (χ3n) is 1.74. The molecule has 0 bridgehead atoms. The van der Waals surface area contributed by atoms with Crippen LogP contribution in [0.2, 0.25) is 0 Å². The van der Waals surface area contributed by atoms with E-state index in [1.807, 2.05) is 36.4 Å². The van der Waals surface area contributed by atoms with Crippen LogP contribution in [0.25, 0.3) is 11.3 Å². The molecule has 0 aliphatic heterocycles. The predicted octanol–water partition coefficient (Wildman–Crippen LogP) is 2.20. The standard InChI is InChI=1S/C11H8N2/c1-9-12-8-7-11(13-9)10-5-3-2-4-6-10/h1-8H. The van der Waals surface area contributed by atoms with Gasteiger partial charge in [0.15, 0.2) is 0 Å². The van der Waals surface area contributed by atoms with Gasteiger partial charge in [-0.2, -0.15) is 0 Å². The Bertz CT molecular complexity index is 396. The minimum Gasteiger partial charge on any atom is -0.241 e. The van der Waals surface area contributed by atoms with Crippen molar-refractivity contribution in [1.29, 1.82) is 0 Å². The largest absolute Gasteiger partial charge is 0.241 e. The van der Waals surface area contributed by atoms with E-state index in [9.17, 15) is 0 Å². The Morgan fingerprint density at radius 3 is 2.46 bits per heavy atom. The molecular weight excluding hydrogens is 160 g/mol. The predicted molar refractivity (Wildman–Crippen MR) is 50.9 cm³/mol. The van der Waals surface area contributed by atoms with Gasteiger partial charge in [0.05, 0.1) is 5.69 Å². The summed E-state index contributed by atoms with van der Waals surface area (Å²) in [6.07, 6.45) is 1.66. The van der Waals surface area contributed by atoms with Gasteiger partial charge in [0.25, 0.3) is 0 Å². The lowest BCUT2D eigenvalue weighted by Crippen LogP contribution is -1.88. The summed E-state index contributed by atoms with van der Waals surface area (Å²) < 4.78 is 0. The van der Waals surface area contributed by atoms with Gasteiger partial charge in [0.1, 0.15) is 5.82 Å². The van der Waals surface area contributed by atoms with Gasteiger partial charge in [-0.25, -0.2) is 9.97 Å². The number of hydrogen-bond donors (Lipinski definition) is 0. The van der Waals surface area contributed by atoms with Crippen molar-refractivity contribution < 1.29 is 0 Å². The van der Waals surface area contributed by atoms with Crippen LogP contribution in [0.5, 0.6) is 0 Å². The maximum atomic E-state index is 5.47. The Labute approximate surface area is 77.3 Å². The number of aromatic nitrogens is 2. The molecule has 0 saturated heterocycles. The highest BCUT2D eigenvalue weighted by Crippen LogP contribution is 2.14. The molecule has 2 heteroatoms. The molecule has 0 spiro atoms. The Morgan fingerprint density at radius 1 is 1.00 bits per heavy atom. The van der Waals surface area contributed by atoms with E-state index in [0.717, 1.165) is 11.3 Å². The fourth-order valence-corrected chi connectivity index (χ4v) is 1.14. The van der Waals surface area contributed by atoms with Crippen LogP contribution in [0.3, 0.4) is 0 Å². The molecule has 1 aromatic carbocycles. The second kappa shape index (κ2) is 3.35. The van der Waals surface area contributed by atoms with Crippen molar-refractivity contribution in [2.75, 3.05) is 0 Å². The molecule has 1 heterocycles. The Hall–Kier alpha value is -1.70. The molecular formula is C11H8N2. The number of rotatable bonds is 1. The second-order valence-corrected chi connectivity index (χ2v) is 2.67. The molecule has 2 radical (unpaired) electrons. The van der Waals surface area contributed by atoms with Crippen molar-refractivity contribution in [3.8, 4) is 11.3 Å². The van der Waals surface area contributed by atoms with Crippen molar-refractivity contribution >= 4 is 0 Å². The van der Waals surface area contributed by atoms with Crippen molar-refractivity contribution in [2.24, 2.45) is 0 Å². The summed E-state index contributed by atoms with van der Waals surface area (Å²) >= 11 is 0. The molecule has 2 aromatic rings. The minimum absolute atomic E-state index is 0.307. The van der Waals surface area contributed by atoms with E-state index in [0.29, 0.717) is 5.82 Å². The van der Waals surface area contributed by atoms with E-state index in [1.54, 1.807) is 6.20 Å². The zero-order valence-electron chi connectivity index (χ0n) is 7.01. The van der Waals surface area contributed by atoms with Crippen LogP contribution < -0.4 is 0 Å². The van der Waals surface area contributed by atoms with Crippen LogP contribution in [-0.2, 0) is 0 Å². The summed E-state index contributed by atoms with van der Waals surface area (Å²) in [5.74, 6) is 0.307. The van der Waals surface area contributed by atoms with Crippen molar-refractivity contribution in [1.82, 2.24) is 9.97 Å². The average molecular weight is 168 g/mol. The lowest BCUT2D eigenvalue weighted by atomic mass is 10.1. The van der Waals surface area contributed by atoms with Crippen LogP contribution in [0.15, 0.2) is 42.6 Å². The first kappa shape index (κ1) is 7.92. The highest BCUT2D eigenvalue weighted by Gasteiger charge is 1.97. The Balaban J connectivity index is 2.48. The lowest BCUT2D eigenvalue weighted by molar-refractivity contribution is 1.11. The molecule has 13 heavy (non-hydrogen) atoms. The highest BCUT2D eigenvalue weighted by atomic mass is 14.9. The summed E-state index contributed by atoms with van der Waals surface area (Å²) in [6.45, 7) is 5.47. The van der Waals surface area contributed by atoms with Gasteiger partial charge in [-0.05, 0) is 6.07 Å². The van der Waals surface area contributed by atoms with Crippen LogP contribution >= 0.6 is 0 Å². The molecule has 2 rings (SSSR count). The molecule has 0 aliphatic carbocycles. The molecule has 0 amide bonds. The molecule has 0 atom stereocenters. The summed E-state index contributed by atoms with van der Waals surface area (Å²) in [7, 11) is 0. The Morgan fingerprint density at radius 2 is 1.77 bits per heavy atom. The molecule has 1 aromatic heterocycles. The smallest absolute Gasteiger partial charge is 0.133 e. The van der Waals surface area contributed by atoms with Gasteiger partial charge >= 0.3 is 0 Å². The van der Waals surface area contributed by atoms with Gasteiger partial charge in [-0.1, -0.05) is 30.3 Å². The fourth-order valence-electron chi connectivity index (χ4n) is 1.14. The van der Waals surface area contributed by atoms with Crippen LogP contribution in [0.1, 0.15) is 5.82 Å². The topological polar surface area (TPSA) is 25.8 Å². The van der Waals surface area contributed by atoms with Crippen molar-refractivity contribution in [2.45, 2.75) is 0 Å². The average Bonchev–Trinajstić information content (AvgIpc) is 2.19. The van der Waals surface area contributed by atoms with E-state index in [4.69, 9.17) is 6.92 Å². The summed E-state index contributed by atoms with van der Waals surface area (Å²) in [5, 5.41) is 0. The van der Waals surface area contributed by atoms with E-state index >= 15 is 0 Å². The maximum Gasteiger partial charge on any atom is 0.133 e. The van der Waals surface area contributed by atoms with E-state index < -0.39 is 0 Å². The molecule has 0 fully saturated rings. The first-order valence-corrected chi connectivity index (χ1v) is 4.00. The zero-order chi connectivity index (χ0) is 9.10. The second-order valence-electron chi connectivity index (χ2n) is 2.67. The molecule has 62 valence electrons. The van der Waals surface area contributed by atoms with Crippen molar-refractivity contribution in [3.63, 3.8) is 0 Å². The monoisotopic (exact) mass is 168 g/mol. The normalized spacial score (nSPS) is 9.92. The summed E-state index contributed by atoms with van der Waals surface area (Å²) in [4.78, 5) is 7.94. The van der Waals surface area contributed by atoms with Crippen LogP contribution in [0, 0.1) is 6.92 Å². The van der Waals surface area contributed by atoms with Gasteiger partial charge in [0, 0.05) is 18.7 Å². The number of benzene rings is 1. The highest BCUT2D eigenvalue weighted by molar-refractivity contribution is 5.58. The minimum atomic E-state index is 0.307. The van der Waals surface area contributed by atoms with Crippen LogP contribution in [-0.4, -0.2) is 9.97 Å². The molecule has 0 saturated carbocycles. The third kappa shape index (κ3) is 1.72. The molecule has 0 N–H and O–H groups in total. The van der Waals surface area contributed by atoms with Gasteiger partial charge in [0.2, 0.25) is 0 Å². The fraction of sp³-hybridized carbons (Fsp3) is 0. The van der Waals surface area contributed by atoms with Gasteiger partial charge in [-0.15, -0.1) is 0 Å². The molecule has 2 nitrogen and oxygen atoms in total. The summed E-state index contributed by atoms with van der Waals surface area (Å²) in [5.41, 5.74) is 1.91. The number of nitrogens with zero attached hydrogens (tertiary/aromatic N) is 2. The SMILES string of the molecule is [CH]c1nccc(-c2ccccc2)n1. The Kier molecular flexibility index (Phi) is 2.04. The van der Waals surface area contributed by atoms with E-state index in [2.05, 4.69) is 9.97 Å². The quantitative estimate of drug-likeness (QED) is 0.652.